The zero-order valence-electron chi connectivity index (χ0n) is 16.9. The molecule has 2 aromatic carbocycles. The number of hydrogen-bond acceptors (Lipinski definition) is 5. The fourth-order valence-corrected chi connectivity index (χ4v) is 3.92. The van der Waals surface area contributed by atoms with Gasteiger partial charge in [0.15, 0.2) is 6.61 Å². The standard InChI is InChI=1S/C23H17BrClN3O4/c1-3-4-15-9-14(11-18(24)20(15)32-8-7-26)10-17-21(29)27-23(31)28(22(17)30)16-6-5-13(2)19(25)12-16/h3,5-6,9-12H,1,4,8H2,2H3,(H,27,29,31)/b17-10-. The van der Waals surface area contributed by atoms with Crippen molar-refractivity contribution in [1.82, 2.24) is 5.32 Å². The second kappa shape index (κ2) is 9.81. The van der Waals surface area contributed by atoms with Crippen molar-refractivity contribution in [3.63, 3.8) is 0 Å². The lowest BCUT2D eigenvalue weighted by Gasteiger charge is -2.26. The van der Waals surface area contributed by atoms with E-state index in [9.17, 15) is 14.4 Å². The predicted octanol–water partition coefficient (Wildman–Crippen LogP) is 4.71. The Hall–Kier alpha value is -3.41. The molecule has 0 radical (unpaired) electrons. The normalized spacial score (nSPS) is 14.9. The molecule has 9 heteroatoms. The molecule has 1 fully saturated rings. The van der Waals surface area contributed by atoms with Crippen molar-refractivity contribution >= 4 is 57.1 Å². The molecule has 1 heterocycles. The second-order valence-corrected chi connectivity index (χ2v) is 8.08. The van der Waals surface area contributed by atoms with Crippen LogP contribution in [0.3, 0.4) is 0 Å². The van der Waals surface area contributed by atoms with E-state index in [-0.39, 0.29) is 17.9 Å². The monoisotopic (exact) mass is 513 g/mol. The number of nitrogens with zero attached hydrogens (tertiary/aromatic N) is 2. The van der Waals surface area contributed by atoms with E-state index >= 15 is 0 Å². The summed E-state index contributed by atoms with van der Waals surface area (Å²) in [6, 6.07) is 9.16. The number of hydrogen-bond donors (Lipinski definition) is 1. The number of rotatable bonds is 6. The van der Waals surface area contributed by atoms with E-state index in [2.05, 4.69) is 27.8 Å². The molecule has 0 unspecified atom stereocenters. The molecule has 0 saturated carbocycles. The molecule has 1 N–H and O–H groups in total. The van der Waals surface area contributed by atoms with Gasteiger partial charge in [-0.2, -0.15) is 5.26 Å². The lowest BCUT2D eigenvalue weighted by molar-refractivity contribution is -0.122. The zero-order chi connectivity index (χ0) is 23.4. The molecule has 2 aromatic rings. The zero-order valence-corrected chi connectivity index (χ0v) is 19.3. The average molecular weight is 515 g/mol. The number of urea groups is 1. The summed E-state index contributed by atoms with van der Waals surface area (Å²) in [4.78, 5) is 38.8. The van der Waals surface area contributed by atoms with Crippen molar-refractivity contribution in [3.05, 3.63) is 74.7 Å². The first-order chi connectivity index (χ1) is 15.3. The van der Waals surface area contributed by atoms with Gasteiger partial charge in [-0.05, 0) is 76.3 Å². The number of benzene rings is 2. The van der Waals surface area contributed by atoms with Crippen LogP contribution in [0.25, 0.3) is 6.08 Å². The summed E-state index contributed by atoms with van der Waals surface area (Å²) in [6.07, 6.45) is 3.49. The largest absolute Gasteiger partial charge is 0.477 e. The van der Waals surface area contributed by atoms with E-state index in [1.54, 1.807) is 37.3 Å². The van der Waals surface area contributed by atoms with Crippen molar-refractivity contribution in [2.45, 2.75) is 13.3 Å². The third-order valence-corrected chi connectivity index (χ3v) is 5.61. The molecule has 1 aliphatic heterocycles. The van der Waals surface area contributed by atoms with E-state index in [1.165, 1.54) is 12.1 Å². The van der Waals surface area contributed by atoms with E-state index in [0.717, 1.165) is 10.5 Å². The predicted molar refractivity (Wildman–Crippen MR) is 124 cm³/mol. The maximum absolute atomic E-state index is 13.1. The van der Waals surface area contributed by atoms with Crippen molar-refractivity contribution in [3.8, 4) is 11.8 Å². The number of imide groups is 2. The van der Waals surface area contributed by atoms with Gasteiger partial charge in [-0.1, -0.05) is 23.7 Å². The average Bonchev–Trinajstić information content (AvgIpc) is 2.73. The van der Waals surface area contributed by atoms with Crippen LogP contribution in [0.5, 0.6) is 5.75 Å². The molecule has 3 rings (SSSR count). The van der Waals surface area contributed by atoms with Gasteiger partial charge in [0.05, 0.1) is 10.2 Å². The van der Waals surface area contributed by atoms with Crippen molar-refractivity contribution < 1.29 is 19.1 Å². The molecular weight excluding hydrogens is 498 g/mol. The number of halogens is 2. The fourth-order valence-electron chi connectivity index (χ4n) is 3.11. The highest BCUT2D eigenvalue weighted by Crippen LogP contribution is 2.33. The Kier molecular flexibility index (Phi) is 7.13. The van der Waals surface area contributed by atoms with Gasteiger partial charge in [0.1, 0.15) is 17.4 Å². The molecule has 4 amide bonds. The highest BCUT2D eigenvalue weighted by molar-refractivity contribution is 9.10. The summed E-state index contributed by atoms with van der Waals surface area (Å²) >= 11 is 9.55. The summed E-state index contributed by atoms with van der Waals surface area (Å²) in [6.45, 7) is 5.37. The smallest absolute Gasteiger partial charge is 0.335 e. The Morgan fingerprint density at radius 2 is 2.03 bits per heavy atom. The van der Waals surface area contributed by atoms with Crippen LogP contribution in [0.1, 0.15) is 16.7 Å². The number of ether oxygens (including phenoxy) is 1. The van der Waals surface area contributed by atoms with Gasteiger partial charge >= 0.3 is 6.03 Å². The molecule has 0 bridgehead atoms. The molecular formula is C23H17BrClN3O4. The Labute approximate surface area is 198 Å². The maximum atomic E-state index is 13.1. The van der Waals surface area contributed by atoms with Gasteiger partial charge in [-0.25, -0.2) is 9.69 Å². The van der Waals surface area contributed by atoms with Gasteiger partial charge < -0.3 is 4.74 Å². The number of nitriles is 1. The minimum Gasteiger partial charge on any atom is -0.477 e. The van der Waals surface area contributed by atoms with Crippen LogP contribution >= 0.6 is 27.5 Å². The topological polar surface area (TPSA) is 99.5 Å². The number of allylic oxidation sites excluding steroid dienone is 1. The fraction of sp³-hybridized carbons (Fsp3) is 0.130. The van der Waals surface area contributed by atoms with Gasteiger partial charge in [0.25, 0.3) is 11.8 Å². The number of amides is 4. The highest BCUT2D eigenvalue weighted by atomic mass is 79.9. The van der Waals surface area contributed by atoms with Crippen LogP contribution in [-0.2, 0) is 16.0 Å². The van der Waals surface area contributed by atoms with Crippen molar-refractivity contribution in [1.29, 1.82) is 5.26 Å². The van der Waals surface area contributed by atoms with Crippen molar-refractivity contribution in [2.24, 2.45) is 0 Å². The molecule has 0 aliphatic carbocycles. The molecule has 0 aromatic heterocycles. The van der Waals surface area contributed by atoms with Gasteiger partial charge in [0.2, 0.25) is 0 Å². The van der Waals surface area contributed by atoms with Crippen LogP contribution in [0.15, 0.2) is 53.0 Å². The Morgan fingerprint density at radius 3 is 2.69 bits per heavy atom. The summed E-state index contributed by atoms with van der Waals surface area (Å²) in [7, 11) is 0. The Bertz CT molecular complexity index is 1220. The first-order valence-electron chi connectivity index (χ1n) is 9.37. The molecule has 0 atom stereocenters. The van der Waals surface area contributed by atoms with E-state index < -0.39 is 17.8 Å². The first kappa shape index (κ1) is 23.3. The highest BCUT2D eigenvalue weighted by Gasteiger charge is 2.37. The van der Waals surface area contributed by atoms with Gasteiger partial charge in [-0.3, -0.25) is 14.9 Å². The minimum atomic E-state index is -0.856. The summed E-state index contributed by atoms with van der Waals surface area (Å²) in [5.41, 5.74) is 2.04. The van der Waals surface area contributed by atoms with E-state index in [1.807, 2.05) is 6.07 Å². The van der Waals surface area contributed by atoms with Crippen molar-refractivity contribution in [2.75, 3.05) is 11.5 Å². The molecule has 1 aliphatic rings. The molecule has 32 heavy (non-hydrogen) atoms. The lowest BCUT2D eigenvalue weighted by Crippen LogP contribution is -2.54. The van der Waals surface area contributed by atoms with E-state index in [0.29, 0.717) is 32.8 Å². The molecule has 0 spiro atoms. The first-order valence-corrected chi connectivity index (χ1v) is 10.5. The number of anilines is 1. The van der Waals surface area contributed by atoms with Crippen LogP contribution in [0.2, 0.25) is 5.02 Å². The molecule has 1 saturated heterocycles. The summed E-state index contributed by atoms with van der Waals surface area (Å²) in [5.74, 6) is -1.11. The number of barbiturate groups is 1. The van der Waals surface area contributed by atoms with Crippen LogP contribution in [0, 0.1) is 18.3 Å². The Morgan fingerprint density at radius 1 is 1.28 bits per heavy atom. The van der Waals surface area contributed by atoms with Gasteiger partial charge in [-0.15, -0.1) is 6.58 Å². The van der Waals surface area contributed by atoms with E-state index in [4.69, 9.17) is 21.6 Å². The second-order valence-electron chi connectivity index (χ2n) is 6.82. The number of carbonyl (C=O) groups is 3. The number of nitrogens with one attached hydrogen (secondary N) is 1. The van der Waals surface area contributed by atoms with Crippen LogP contribution < -0.4 is 15.0 Å². The van der Waals surface area contributed by atoms with Crippen LogP contribution in [0.4, 0.5) is 10.5 Å². The molecule has 162 valence electrons. The van der Waals surface area contributed by atoms with Gasteiger partial charge in [0, 0.05) is 5.02 Å². The third kappa shape index (κ3) is 4.74. The number of aryl methyl sites for hydroxylation is 1. The summed E-state index contributed by atoms with van der Waals surface area (Å²) < 4.78 is 6.02. The number of carbonyl (C=O) groups excluding carboxylic acids is 3. The quantitative estimate of drug-likeness (QED) is 0.342. The SMILES string of the molecule is C=CCc1cc(/C=C2/C(=O)NC(=O)N(c3ccc(C)c(Cl)c3)C2=O)cc(Br)c1OCC#N. The van der Waals surface area contributed by atoms with Crippen LogP contribution in [-0.4, -0.2) is 24.5 Å². The lowest BCUT2D eigenvalue weighted by atomic mass is 10.0. The third-order valence-electron chi connectivity index (χ3n) is 4.61. The maximum Gasteiger partial charge on any atom is 0.335 e. The Balaban J connectivity index is 2.04. The summed E-state index contributed by atoms with van der Waals surface area (Å²) in [5, 5.41) is 11.4. The minimum absolute atomic E-state index is 0.139. The molecule has 7 nitrogen and oxygen atoms in total.